The number of nitrogens with two attached hydrogens (primary N) is 1. The van der Waals surface area contributed by atoms with E-state index in [-0.39, 0.29) is 6.04 Å². The topological polar surface area (TPSA) is 43.1 Å². The summed E-state index contributed by atoms with van der Waals surface area (Å²) < 4.78 is 12.3. The number of rotatable bonds is 6. The summed E-state index contributed by atoms with van der Waals surface area (Å²) in [6.45, 7) is 4.45. The van der Waals surface area contributed by atoms with E-state index in [0.29, 0.717) is 16.9 Å². The fourth-order valence-corrected chi connectivity index (χ4v) is 4.61. The summed E-state index contributed by atoms with van der Waals surface area (Å²) in [5, 5.41) is 0.390. The van der Waals surface area contributed by atoms with Crippen molar-refractivity contribution in [3.05, 3.63) is 35.4 Å². The molecule has 1 aromatic carbocycles. The van der Waals surface area contributed by atoms with Crippen LogP contribution in [0, 0.1) is 5.92 Å². The zero-order valence-corrected chi connectivity index (χ0v) is 13.5. The van der Waals surface area contributed by atoms with Crippen LogP contribution in [-0.2, 0) is 17.2 Å². The molecule has 2 rings (SSSR count). The lowest BCUT2D eigenvalue weighted by Crippen LogP contribution is -2.23. The highest BCUT2D eigenvalue weighted by atomic mass is 32.2. The van der Waals surface area contributed by atoms with Gasteiger partial charge in [0.1, 0.15) is 0 Å². The van der Waals surface area contributed by atoms with Crippen LogP contribution < -0.4 is 5.73 Å². The summed E-state index contributed by atoms with van der Waals surface area (Å²) in [6, 6.07) is 8.44. The molecule has 0 bridgehead atoms. The third-order valence-electron chi connectivity index (χ3n) is 4.07. The normalized spacial score (nSPS) is 19.4. The average Bonchev–Trinajstić information content (AvgIpc) is 2.92. The molecule has 1 aliphatic rings. The van der Waals surface area contributed by atoms with Gasteiger partial charge in [0.2, 0.25) is 0 Å². The van der Waals surface area contributed by atoms with E-state index < -0.39 is 10.8 Å². The van der Waals surface area contributed by atoms with Crippen molar-refractivity contribution in [2.24, 2.45) is 11.7 Å². The van der Waals surface area contributed by atoms with Gasteiger partial charge in [0.15, 0.2) is 0 Å². The summed E-state index contributed by atoms with van der Waals surface area (Å²) in [6.07, 6.45) is 5.80. The second-order valence-corrected chi connectivity index (χ2v) is 8.16. The van der Waals surface area contributed by atoms with E-state index in [4.69, 9.17) is 5.73 Å². The third-order valence-corrected chi connectivity index (χ3v) is 5.97. The van der Waals surface area contributed by atoms with Crippen LogP contribution in [0.2, 0.25) is 0 Å². The smallest absolute Gasteiger partial charge is 0.0431 e. The van der Waals surface area contributed by atoms with Gasteiger partial charge in [-0.3, -0.25) is 4.21 Å². The van der Waals surface area contributed by atoms with E-state index in [1.807, 2.05) is 0 Å². The zero-order valence-electron chi connectivity index (χ0n) is 12.7. The first-order valence-corrected chi connectivity index (χ1v) is 9.16. The van der Waals surface area contributed by atoms with Gasteiger partial charge in [0.25, 0.3) is 0 Å². The molecule has 1 aromatic rings. The Kier molecular flexibility index (Phi) is 5.79. The van der Waals surface area contributed by atoms with E-state index in [1.165, 1.54) is 18.4 Å². The van der Waals surface area contributed by atoms with Crippen LogP contribution in [-0.4, -0.2) is 15.2 Å². The van der Waals surface area contributed by atoms with Gasteiger partial charge in [0.05, 0.1) is 0 Å². The predicted molar refractivity (Wildman–Crippen MR) is 87.2 cm³/mol. The Balaban J connectivity index is 1.91. The lowest BCUT2D eigenvalue weighted by Gasteiger charge is -2.16. The van der Waals surface area contributed by atoms with Crippen molar-refractivity contribution in [2.45, 2.75) is 57.2 Å². The van der Waals surface area contributed by atoms with Gasteiger partial charge in [-0.15, -0.1) is 0 Å². The molecule has 0 heterocycles. The Hall–Kier alpha value is -0.670. The van der Waals surface area contributed by atoms with Gasteiger partial charge >= 0.3 is 0 Å². The van der Waals surface area contributed by atoms with Crippen molar-refractivity contribution in [3.63, 3.8) is 0 Å². The lowest BCUT2D eigenvalue weighted by atomic mass is 10.0. The second-order valence-electron chi connectivity index (χ2n) is 6.40. The largest absolute Gasteiger partial charge is 0.323 e. The van der Waals surface area contributed by atoms with E-state index in [0.717, 1.165) is 24.8 Å². The van der Waals surface area contributed by atoms with Gasteiger partial charge < -0.3 is 5.73 Å². The van der Waals surface area contributed by atoms with Gasteiger partial charge in [-0.25, -0.2) is 0 Å². The Morgan fingerprint density at radius 3 is 2.35 bits per heavy atom. The molecule has 2 atom stereocenters. The molecule has 0 aliphatic heterocycles. The minimum Gasteiger partial charge on any atom is -0.323 e. The summed E-state index contributed by atoms with van der Waals surface area (Å²) in [4.78, 5) is 0. The van der Waals surface area contributed by atoms with Crippen LogP contribution >= 0.6 is 0 Å². The lowest BCUT2D eigenvalue weighted by molar-refractivity contribution is 0.646. The highest BCUT2D eigenvalue weighted by Gasteiger charge is 2.23. The van der Waals surface area contributed by atoms with Gasteiger partial charge in [-0.05, 0) is 36.3 Å². The molecule has 2 N–H and O–H groups in total. The fraction of sp³-hybridized carbons (Fsp3) is 0.647. The molecule has 1 aliphatic carbocycles. The van der Waals surface area contributed by atoms with E-state index >= 15 is 0 Å². The summed E-state index contributed by atoms with van der Waals surface area (Å²) in [5.41, 5.74) is 8.69. The molecule has 0 aromatic heterocycles. The first kappa shape index (κ1) is 15.7. The molecule has 1 fully saturated rings. The highest BCUT2D eigenvalue weighted by Crippen LogP contribution is 2.25. The number of hydrogen-bond donors (Lipinski definition) is 1. The maximum Gasteiger partial charge on any atom is 0.0431 e. The second kappa shape index (κ2) is 7.37. The van der Waals surface area contributed by atoms with Gasteiger partial charge in [-0.1, -0.05) is 51.0 Å². The molecule has 0 spiro atoms. The summed E-state index contributed by atoms with van der Waals surface area (Å²) >= 11 is 0. The molecule has 1 saturated carbocycles. The molecule has 112 valence electrons. The van der Waals surface area contributed by atoms with Crippen LogP contribution in [0.3, 0.4) is 0 Å². The standard InChI is InChI=1S/C17H27NOS/c1-13(2)11-14-7-9-15(10-8-14)17(18)12-20(19)16-5-3-4-6-16/h7-10,13,16-17H,3-6,11-12,18H2,1-2H3. The van der Waals surface area contributed by atoms with Crippen LogP contribution in [0.1, 0.15) is 56.7 Å². The minimum atomic E-state index is -0.765. The SMILES string of the molecule is CC(C)Cc1ccc(C(N)CS(=O)C2CCCC2)cc1. The van der Waals surface area contributed by atoms with Crippen LogP contribution in [0.15, 0.2) is 24.3 Å². The highest BCUT2D eigenvalue weighted by molar-refractivity contribution is 7.85. The minimum absolute atomic E-state index is 0.0930. The molecule has 0 amide bonds. The van der Waals surface area contributed by atoms with E-state index in [9.17, 15) is 4.21 Å². The fourth-order valence-electron chi connectivity index (χ4n) is 2.93. The monoisotopic (exact) mass is 293 g/mol. The maximum atomic E-state index is 12.3. The van der Waals surface area contributed by atoms with Crippen LogP contribution in [0.25, 0.3) is 0 Å². The van der Waals surface area contributed by atoms with Crippen molar-refractivity contribution in [1.29, 1.82) is 0 Å². The first-order chi connectivity index (χ1) is 9.56. The molecular weight excluding hydrogens is 266 g/mol. The van der Waals surface area contributed by atoms with Crippen molar-refractivity contribution >= 4 is 10.8 Å². The molecule has 3 heteroatoms. The van der Waals surface area contributed by atoms with Crippen molar-refractivity contribution in [2.75, 3.05) is 5.75 Å². The predicted octanol–water partition coefficient (Wildman–Crippen LogP) is 3.58. The molecule has 0 radical (unpaired) electrons. The van der Waals surface area contributed by atoms with Crippen molar-refractivity contribution in [1.82, 2.24) is 0 Å². The Morgan fingerprint density at radius 1 is 1.20 bits per heavy atom. The van der Waals surface area contributed by atoms with Crippen LogP contribution in [0.5, 0.6) is 0 Å². The van der Waals surface area contributed by atoms with E-state index in [1.54, 1.807) is 0 Å². The van der Waals surface area contributed by atoms with E-state index in [2.05, 4.69) is 38.1 Å². The summed E-state index contributed by atoms with van der Waals surface area (Å²) in [7, 11) is -0.765. The Bertz CT molecular complexity index is 435. The molecule has 2 nitrogen and oxygen atoms in total. The van der Waals surface area contributed by atoms with Crippen molar-refractivity contribution < 1.29 is 4.21 Å². The molecule has 2 unspecified atom stereocenters. The first-order valence-electron chi connectivity index (χ1n) is 7.78. The Labute approximate surface area is 125 Å². The molecule has 0 saturated heterocycles. The number of benzene rings is 1. The maximum absolute atomic E-state index is 12.3. The van der Waals surface area contributed by atoms with Crippen molar-refractivity contribution in [3.8, 4) is 0 Å². The molecule has 20 heavy (non-hydrogen) atoms. The van der Waals surface area contributed by atoms with Gasteiger partial charge in [-0.2, -0.15) is 0 Å². The van der Waals surface area contributed by atoms with Crippen LogP contribution in [0.4, 0.5) is 0 Å². The zero-order chi connectivity index (χ0) is 14.5. The summed E-state index contributed by atoms with van der Waals surface area (Å²) in [5.74, 6) is 1.28. The third kappa shape index (κ3) is 4.42. The molecular formula is C17H27NOS. The quantitative estimate of drug-likeness (QED) is 0.871. The average molecular weight is 293 g/mol. The Morgan fingerprint density at radius 2 is 1.80 bits per heavy atom. The number of hydrogen-bond acceptors (Lipinski definition) is 2. The van der Waals surface area contributed by atoms with Gasteiger partial charge in [0, 0.05) is 27.8 Å².